The highest BCUT2D eigenvalue weighted by atomic mass is 16.5. The molecular weight excluding hydrogens is 566 g/mol. The number of pyridine rings is 2. The van der Waals surface area contributed by atoms with Gasteiger partial charge in [0.15, 0.2) is 0 Å². The van der Waals surface area contributed by atoms with Gasteiger partial charge in [-0.25, -0.2) is 4.98 Å². The Labute approximate surface area is 263 Å². The lowest BCUT2D eigenvalue weighted by molar-refractivity contribution is -0.0834. The Bertz CT molecular complexity index is 1710. The average Bonchev–Trinajstić information content (AvgIpc) is 3.37. The molecule has 0 saturated carbocycles. The molecule has 8 rings (SSSR count). The van der Waals surface area contributed by atoms with Crippen LogP contribution >= 0.6 is 0 Å². The standard InChI is InChI=1S/C35H41N7O3/c1-24-18-25-19-30(37-24)28-21-36-11-6-32(28)45-17-3-2-12-42-31-20-26(4-5-29(31)38-34(42)39-33(25)43)40-13-7-35(8-14-40)9-15-41(16-10-35)27-22-44-23-27/h4-6,11,18-21,27H,2-3,7-10,12-17,22-23H2,1H3,(H,38,39,43). The number of aryl methyl sites for hydroxylation is 2. The van der Waals surface area contributed by atoms with Crippen LogP contribution in [0.15, 0.2) is 48.8 Å². The summed E-state index contributed by atoms with van der Waals surface area (Å²) in [4.78, 5) is 32.7. The van der Waals surface area contributed by atoms with Crippen LogP contribution in [0.1, 0.15) is 54.6 Å². The minimum Gasteiger partial charge on any atom is -0.493 e. The molecule has 3 saturated heterocycles. The van der Waals surface area contributed by atoms with Crippen molar-refractivity contribution in [2.24, 2.45) is 5.41 Å². The Kier molecular flexibility index (Phi) is 7.41. The maximum atomic E-state index is 13.6. The summed E-state index contributed by atoms with van der Waals surface area (Å²) in [6.45, 7) is 9.61. The first-order valence-corrected chi connectivity index (χ1v) is 16.5. The van der Waals surface area contributed by atoms with Gasteiger partial charge in [0.1, 0.15) is 5.75 Å². The molecule has 1 aromatic carbocycles. The van der Waals surface area contributed by atoms with Crippen molar-refractivity contribution in [3.63, 3.8) is 0 Å². The van der Waals surface area contributed by atoms with Crippen LogP contribution in [-0.2, 0) is 11.3 Å². The first-order valence-electron chi connectivity index (χ1n) is 16.5. The van der Waals surface area contributed by atoms with E-state index in [0.29, 0.717) is 35.3 Å². The van der Waals surface area contributed by atoms with E-state index in [9.17, 15) is 4.79 Å². The van der Waals surface area contributed by atoms with Crippen molar-refractivity contribution in [2.75, 3.05) is 56.2 Å². The number of nitrogens with zero attached hydrogens (tertiary/aromatic N) is 6. The Morgan fingerprint density at radius 3 is 2.56 bits per heavy atom. The maximum Gasteiger partial charge on any atom is 0.258 e. The molecule has 3 aromatic heterocycles. The number of amides is 1. The number of likely N-dealkylation sites (tertiary alicyclic amines) is 1. The van der Waals surface area contributed by atoms with E-state index in [2.05, 4.69) is 42.9 Å². The van der Waals surface area contributed by atoms with E-state index in [-0.39, 0.29) is 5.91 Å². The van der Waals surface area contributed by atoms with Gasteiger partial charge in [-0.3, -0.25) is 25.0 Å². The number of rotatable bonds is 2. The van der Waals surface area contributed by atoms with Gasteiger partial charge >= 0.3 is 0 Å². The van der Waals surface area contributed by atoms with Crippen LogP contribution in [0.4, 0.5) is 11.6 Å². The molecule has 10 nitrogen and oxygen atoms in total. The van der Waals surface area contributed by atoms with E-state index in [4.69, 9.17) is 19.4 Å². The highest BCUT2D eigenvalue weighted by Crippen LogP contribution is 2.43. The van der Waals surface area contributed by atoms with E-state index in [1.807, 2.05) is 13.0 Å². The Hall–Kier alpha value is -4.02. The summed E-state index contributed by atoms with van der Waals surface area (Å²) in [5.41, 5.74) is 6.38. The van der Waals surface area contributed by atoms with E-state index in [1.165, 1.54) is 44.5 Å². The number of hydrogen-bond acceptors (Lipinski definition) is 8. The summed E-state index contributed by atoms with van der Waals surface area (Å²) >= 11 is 0. The molecule has 2 bridgehead atoms. The van der Waals surface area contributed by atoms with Crippen molar-refractivity contribution in [3.05, 3.63) is 60.0 Å². The topological polar surface area (TPSA) is 97.6 Å². The van der Waals surface area contributed by atoms with Gasteiger partial charge < -0.3 is 18.9 Å². The molecule has 0 unspecified atom stereocenters. The van der Waals surface area contributed by atoms with Crippen molar-refractivity contribution in [2.45, 2.75) is 58.0 Å². The van der Waals surface area contributed by atoms with Gasteiger partial charge in [-0.05, 0) is 100 Å². The van der Waals surface area contributed by atoms with Crippen LogP contribution in [0, 0.1) is 12.3 Å². The van der Waals surface area contributed by atoms with Crippen molar-refractivity contribution >= 4 is 28.6 Å². The van der Waals surface area contributed by atoms with E-state index < -0.39 is 0 Å². The predicted octanol–water partition coefficient (Wildman–Crippen LogP) is 5.31. The number of piperidine rings is 2. The summed E-state index contributed by atoms with van der Waals surface area (Å²) in [6.07, 6.45) is 10.3. The van der Waals surface area contributed by atoms with Crippen LogP contribution in [0.25, 0.3) is 22.3 Å². The second-order valence-electron chi connectivity index (χ2n) is 13.2. The van der Waals surface area contributed by atoms with Crippen LogP contribution in [0.3, 0.4) is 0 Å². The maximum absolute atomic E-state index is 13.6. The third-order valence-corrected chi connectivity index (χ3v) is 10.4. The van der Waals surface area contributed by atoms with Gasteiger partial charge in [-0.2, -0.15) is 0 Å². The van der Waals surface area contributed by atoms with Gasteiger partial charge in [0.2, 0.25) is 5.95 Å². The average molecular weight is 608 g/mol. The zero-order chi connectivity index (χ0) is 30.4. The minimum atomic E-state index is -0.209. The van der Waals surface area contributed by atoms with Gasteiger partial charge in [-0.1, -0.05) is 0 Å². The minimum absolute atomic E-state index is 0.209. The second-order valence-corrected chi connectivity index (χ2v) is 13.2. The Morgan fingerprint density at radius 2 is 1.76 bits per heavy atom. The second kappa shape index (κ2) is 11.7. The normalized spacial score (nSPS) is 20.9. The molecular formula is C35H41N7O3. The molecule has 4 aliphatic rings. The lowest BCUT2D eigenvalue weighted by Crippen LogP contribution is -2.54. The van der Waals surface area contributed by atoms with Gasteiger partial charge in [0, 0.05) is 49.0 Å². The molecule has 1 N–H and O–H groups in total. The van der Waals surface area contributed by atoms with Crippen molar-refractivity contribution in [1.82, 2.24) is 24.4 Å². The number of imidazole rings is 1. The molecule has 0 radical (unpaired) electrons. The monoisotopic (exact) mass is 607 g/mol. The molecule has 4 aliphatic heterocycles. The van der Waals surface area contributed by atoms with Gasteiger partial charge in [0.05, 0.1) is 48.2 Å². The predicted molar refractivity (Wildman–Crippen MR) is 174 cm³/mol. The molecule has 1 spiro atoms. The van der Waals surface area contributed by atoms with Crippen LogP contribution in [0.5, 0.6) is 5.75 Å². The summed E-state index contributed by atoms with van der Waals surface area (Å²) in [6, 6.07) is 12.7. The SMILES string of the molecule is Cc1cc2cc(n1)-c1cnccc1OCCCCn1c(nc3ccc(N4CCC5(CC4)CCN(C4COC4)CC5)cc31)NC2=O. The number of ether oxygens (including phenoxy) is 2. The number of carbonyl (C=O) groups is 1. The zero-order valence-electron chi connectivity index (χ0n) is 26.0. The Morgan fingerprint density at radius 1 is 0.933 bits per heavy atom. The molecule has 45 heavy (non-hydrogen) atoms. The van der Waals surface area contributed by atoms with Gasteiger partial charge in [0.25, 0.3) is 5.91 Å². The summed E-state index contributed by atoms with van der Waals surface area (Å²) in [5, 5.41) is 3.13. The van der Waals surface area contributed by atoms with Crippen molar-refractivity contribution in [3.8, 4) is 17.0 Å². The summed E-state index contributed by atoms with van der Waals surface area (Å²) < 4.78 is 13.8. The number of fused-ring (bicyclic) bond motifs is 7. The quantitative estimate of drug-likeness (QED) is 0.328. The number of carbonyl (C=O) groups excluding carboxylic acids is 1. The van der Waals surface area contributed by atoms with E-state index in [0.717, 1.165) is 73.7 Å². The van der Waals surface area contributed by atoms with Crippen LogP contribution in [-0.4, -0.2) is 82.4 Å². The van der Waals surface area contributed by atoms with Gasteiger partial charge in [-0.15, -0.1) is 0 Å². The fraction of sp³-hybridized carbons (Fsp3) is 0.486. The Balaban J connectivity index is 1.04. The largest absolute Gasteiger partial charge is 0.493 e. The van der Waals surface area contributed by atoms with Crippen LogP contribution in [0.2, 0.25) is 0 Å². The smallest absolute Gasteiger partial charge is 0.258 e. The van der Waals surface area contributed by atoms with Crippen molar-refractivity contribution in [1.29, 1.82) is 0 Å². The number of anilines is 2. The molecule has 234 valence electrons. The number of aromatic nitrogens is 4. The first kappa shape index (κ1) is 28.5. The lowest BCUT2D eigenvalue weighted by Gasteiger charge is -2.50. The highest BCUT2D eigenvalue weighted by molar-refractivity contribution is 6.05. The van der Waals surface area contributed by atoms with Crippen LogP contribution < -0.4 is 15.0 Å². The summed E-state index contributed by atoms with van der Waals surface area (Å²) in [5.74, 6) is 1.09. The molecule has 3 fully saturated rings. The molecule has 0 atom stereocenters. The fourth-order valence-electron chi connectivity index (χ4n) is 7.53. The lowest BCUT2D eigenvalue weighted by atomic mass is 9.71. The number of nitrogens with one attached hydrogen (secondary N) is 1. The fourth-order valence-corrected chi connectivity index (χ4v) is 7.53. The molecule has 0 aliphatic carbocycles. The zero-order valence-corrected chi connectivity index (χ0v) is 26.0. The molecule has 4 aromatic rings. The number of hydrogen-bond donors (Lipinski definition) is 1. The summed E-state index contributed by atoms with van der Waals surface area (Å²) in [7, 11) is 0. The first-order chi connectivity index (χ1) is 22.0. The third kappa shape index (κ3) is 5.55. The van der Waals surface area contributed by atoms with E-state index >= 15 is 0 Å². The molecule has 1 amide bonds. The molecule has 7 heterocycles. The van der Waals surface area contributed by atoms with E-state index in [1.54, 1.807) is 24.5 Å². The molecule has 10 heteroatoms. The highest BCUT2D eigenvalue weighted by Gasteiger charge is 2.40. The number of benzene rings is 1. The van der Waals surface area contributed by atoms with Crippen molar-refractivity contribution < 1.29 is 14.3 Å². The third-order valence-electron chi connectivity index (χ3n) is 10.4.